The number of aliphatic hydroxyl groups excluding tert-OH is 2. The number of nitrogens with one attached hydrogen (secondary N) is 2. The minimum absolute atomic E-state index is 0.00431. The van der Waals surface area contributed by atoms with E-state index in [0.29, 0.717) is 115 Å². The lowest BCUT2D eigenvalue weighted by molar-refractivity contribution is -0.161. The summed E-state index contributed by atoms with van der Waals surface area (Å²) in [6, 6.07) is 11.6. The van der Waals surface area contributed by atoms with Crippen molar-refractivity contribution in [2.24, 2.45) is 45.3 Å². The monoisotopic (exact) mass is 1790 g/mol. The maximum absolute atomic E-state index is 14.8. The van der Waals surface area contributed by atoms with Crippen LogP contribution in [0.2, 0.25) is 10.0 Å². The van der Waals surface area contributed by atoms with Gasteiger partial charge in [0.25, 0.3) is 0 Å². The first kappa shape index (κ1) is 97.0. The second-order valence-corrected chi connectivity index (χ2v) is 42.1. The van der Waals surface area contributed by atoms with Gasteiger partial charge in [0.2, 0.25) is 35.4 Å². The van der Waals surface area contributed by atoms with Crippen LogP contribution >= 0.6 is 23.2 Å². The zero-order valence-corrected chi connectivity index (χ0v) is 76.8. The molecule has 10 atom stereocenters. The molecule has 0 bridgehead atoms. The topological polar surface area (TPSA) is 397 Å². The first-order valence-electron chi connectivity index (χ1n) is 42.3. The number of aromatic nitrogens is 2. The van der Waals surface area contributed by atoms with Gasteiger partial charge in [-0.25, -0.2) is 27.8 Å². The highest BCUT2D eigenvalue weighted by molar-refractivity contribution is 7.85. The number of rotatable bonds is 35. The average molecular weight is 1790 g/mol. The number of carbonyl (C=O) groups excluding carboxylic acids is 8. The number of hydrogen-bond donors (Lipinski definition) is 4. The summed E-state index contributed by atoms with van der Waals surface area (Å²) in [4.78, 5) is 127. The molecule has 8 aliphatic rings. The van der Waals surface area contributed by atoms with Gasteiger partial charge in [-0.2, -0.15) is 16.8 Å². The number of β-amino-alcohol motifs (C(OH)–C–C–N with tert-alkyl or cyclic N) is 1. The number of fused-ring (bicyclic) bond motifs is 2. The molecule has 35 heteroatoms. The van der Waals surface area contributed by atoms with Crippen molar-refractivity contribution in [3.63, 3.8) is 0 Å². The highest BCUT2D eigenvalue weighted by Gasteiger charge is 2.64. The number of pyridine rings is 2. The van der Waals surface area contributed by atoms with Crippen LogP contribution in [0.3, 0.4) is 0 Å². The molecular weight excluding hydrogens is 1660 g/mol. The molecule has 12 rings (SSSR count). The number of halogens is 2. The predicted octanol–water partition coefficient (Wildman–Crippen LogP) is 11.5. The van der Waals surface area contributed by atoms with E-state index in [9.17, 15) is 60.3 Å². The van der Waals surface area contributed by atoms with Crippen molar-refractivity contribution in [2.45, 2.75) is 285 Å². The number of methoxy groups -OCH3 is 2. The van der Waals surface area contributed by atoms with E-state index in [1.54, 1.807) is 104 Å². The molecule has 5 saturated carbocycles. The lowest BCUT2D eigenvalue weighted by atomic mass is 9.77. The average Bonchev–Trinajstić information content (AvgIpc) is 1.57. The zero-order valence-electron chi connectivity index (χ0n) is 73.6. The second kappa shape index (κ2) is 38.2. The third-order valence-corrected chi connectivity index (χ3v) is 26.7. The first-order valence-corrected chi connectivity index (χ1v) is 45.9. The van der Waals surface area contributed by atoms with Crippen molar-refractivity contribution in [3.8, 4) is 23.3 Å². The fraction of sp³-hybridized carbons (Fsp3) is 0.701. The van der Waals surface area contributed by atoms with Gasteiger partial charge >= 0.3 is 32.5 Å². The number of ketones is 2. The molecule has 4 amide bonds. The van der Waals surface area contributed by atoms with Gasteiger partial charge in [0.1, 0.15) is 48.1 Å². The van der Waals surface area contributed by atoms with Crippen molar-refractivity contribution in [2.75, 3.05) is 60.2 Å². The van der Waals surface area contributed by atoms with E-state index in [-0.39, 0.29) is 100 Å². The number of hydrogen-bond acceptors (Lipinski definition) is 27. The van der Waals surface area contributed by atoms with Crippen LogP contribution < -0.4 is 28.4 Å². The van der Waals surface area contributed by atoms with Gasteiger partial charge in [0, 0.05) is 82.4 Å². The lowest BCUT2D eigenvalue weighted by Gasteiger charge is -2.35. The van der Waals surface area contributed by atoms with Crippen molar-refractivity contribution in [3.05, 3.63) is 58.6 Å². The fourth-order valence-corrected chi connectivity index (χ4v) is 18.8. The third kappa shape index (κ3) is 25.4. The molecule has 4 aromatic rings. The highest BCUT2D eigenvalue weighted by atomic mass is 35.5. The highest BCUT2D eigenvalue weighted by Crippen LogP contribution is 2.60. The van der Waals surface area contributed by atoms with E-state index in [0.717, 1.165) is 12.8 Å². The Balaban J connectivity index is 0.000000241. The van der Waals surface area contributed by atoms with Crippen LogP contribution in [-0.4, -0.2) is 224 Å². The Labute approximate surface area is 726 Å². The smallest absolute Gasteiger partial charge is 0.362 e. The predicted molar refractivity (Wildman–Crippen MR) is 453 cm³/mol. The van der Waals surface area contributed by atoms with E-state index in [1.807, 2.05) is 60.3 Å². The summed E-state index contributed by atoms with van der Waals surface area (Å²) in [5.74, 6) is -5.64. The van der Waals surface area contributed by atoms with Crippen molar-refractivity contribution < 1.29 is 112 Å². The molecule has 678 valence electrons. The Morgan fingerprint density at radius 2 is 0.959 bits per heavy atom. The number of amides is 4. The maximum Gasteiger partial charge on any atom is 0.362 e. The molecule has 3 saturated heterocycles. The molecule has 2 aromatic heterocycles. The maximum atomic E-state index is 14.8. The Bertz CT molecular complexity index is 4740. The number of aliphatic hydroxyl groups is 2. The summed E-state index contributed by atoms with van der Waals surface area (Å²) in [5, 5.41) is 20.0. The molecule has 4 N–H and O–H groups in total. The van der Waals surface area contributed by atoms with E-state index >= 15 is 0 Å². The summed E-state index contributed by atoms with van der Waals surface area (Å²) >= 11 is 13.2. The molecule has 0 radical (unpaired) electrons. The Morgan fingerprint density at radius 1 is 0.574 bits per heavy atom. The van der Waals surface area contributed by atoms with Gasteiger partial charge in [-0.1, -0.05) is 104 Å². The molecule has 0 unspecified atom stereocenters. The number of Topliss-reactive ketones (excluding diaryl/α,β-unsaturated/α-hetero) is 2. The first-order chi connectivity index (χ1) is 56.7. The van der Waals surface area contributed by atoms with E-state index in [1.165, 1.54) is 30.4 Å². The third-order valence-electron chi connectivity index (χ3n) is 24.0. The van der Waals surface area contributed by atoms with E-state index < -0.39 is 154 Å². The fourth-order valence-electron chi connectivity index (χ4n) is 16.0. The van der Waals surface area contributed by atoms with Gasteiger partial charge in [0.05, 0.1) is 105 Å². The van der Waals surface area contributed by atoms with Crippen LogP contribution in [0.5, 0.6) is 23.3 Å². The molecule has 2 aromatic carbocycles. The summed E-state index contributed by atoms with van der Waals surface area (Å²) in [7, 11) is -5.92. The summed E-state index contributed by atoms with van der Waals surface area (Å²) in [5.41, 5.74) is -6.53. The Kier molecular flexibility index (Phi) is 30.4. The van der Waals surface area contributed by atoms with Gasteiger partial charge < -0.3 is 57.9 Å². The van der Waals surface area contributed by atoms with Crippen molar-refractivity contribution >= 4 is 113 Å². The number of ether oxygens (including phenoxy) is 8. The second-order valence-electron chi connectivity index (χ2n) is 38.7. The molecule has 3 aliphatic heterocycles. The van der Waals surface area contributed by atoms with Crippen LogP contribution in [0.1, 0.15) is 220 Å². The van der Waals surface area contributed by atoms with Crippen LogP contribution in [0.25, 0.3) is 21.8 Å². The minimum atomic E-state index is -4.44. The number of likely N-dealkylation sites (tertiary alicyclic amines) is 3. The van der Waals surface area contributed by atoms with Crippen molar-refractivity contribution in [1.82, 2.24) is 34.1 Å². The van der Waals surface area contributed by atoms with Gasteiger partial charge in [-0.3, -0.25) is 43.3 Å². The lowest BCUT2D eigenvalue weighted by Crippen LogP contribution is -2.51. The standard InChI is InChI=1S/C42H59ClN4O11S.C41H58ClN3O12S.C4H8O/c1-9-25-20-42(25,38(52)45-59(53,54)58-41(8)13-14-41)21-32(49)31-17-27(24-47(31)37(51)29(39(2,3)4)18-35(50)57-40(5,6)7)56-33-19-34(55-16-15-46-22-26(48)23-46)44-36-28(33)11-10-12-30(36)43;1-11-24-20-41(24,37(49)44-58(50,51)57-40(8)15-16-40)21-30(46)29-17-25(22-45(29)36(48)27(38(2,3)4)18-33(47)56-39(5,6)7)55-31-19-32(54-23-34(52-9)53-10)43-35-26(31)13-12-14-28(35)42;5-4-2-1-3-4/h10-12,19,25-27,29,31,48H,9,13-18,20-24H2,1-8H3,(H,45,52);12-14,19,24-25,27,29,34H,11,15-18,20-23H2,1-10H3,(H,44,49);4-5H,1-3H2/t25-,27-,29-,31+,42-;24-,25-,27-,29+,41-;/m11./s1. The minimum Gasteiger partial charge on any atom is -0.488 e. The number of nitrogens with zero attached hydrogens (tertiary/aromatic N) is 5. The van der Waals surface area contributed by atoms with Gasteiger partial charge in [0.15, 0.2) is 17.9 Å². The molecular formula is C87H125Cl2N7O24S2. The van der Waals surface area contributed by atoms with Gasteiger partial charge in [-0.15, -0.1) is 0 Å². The zero-order chi connectivity index (χ0) is 90.0. The summed E-state index contributed by atoms with van der Waals surface area (Å²) < 4.78 is 113. The SMILES string of the molecule is CC[C@@H]1C[C@]1(CC(=O)[C@@H]1C[C@@H](Oc2cc(OCC(OC)OC)nc3c(Cl)cccc23)CN1C(=O)[C@@H](CC(=O)OC(C)(C)C)C(C)(C)C)C(=O)NS(=O)(=O)OC1(C)CC1.CC[C@@H]1C[C@]1(CC(=O)[C@@H]1C[C@@H](Oc2cc(OCCN3CC(O)C3)nc3c(Cl)cccc23)CN1C(=O)[C@@H](CC(=O)OC(C)(C)C)C(C)(C)C)C(=O)NS(=O)(=O)OC1(C)CC1.OC1CCC1. The molecule has 0 spiro atoms. The molecule has 5 aliphatic carbocycles. The quantitative estimate of drug-likeness (QED) is 0.0245. The Morgan fingerprint density at radius 3 is 1.28 bits per heavy atom. The molecule has 122 heavy (non-hydrogen) atoms. The van der Waals surface area contributed by atoms with E-state index in [4.69, 9.17) is 74.6 Å². The van der Waals surface area contributed by atoms with Crippen LogP contribution in [0, 0.1) is 45.3 Å². The molecule has 5 heterocycles. The van der Waals surface area contributed by atoms with E-state index in [2.05, 4.69) is 19.4 Å². The number of benzene rings is 2. The van der Waals surface area contributed by atoms with Crippen LogP contribution in [0.15, 0.2) is 48.5 Å². The largest absolute Gasteiger partial charge is 0.488 e. The van der Waals surface area contributed by atoms with Crippen molar-refractivity contribution in [1.29, 1.82) is 0 Å². The molecule has 8 fully saturated rings. The number of carbonyl (C=O) groups is 8. The summed E-state index contributed by atoms with van der Waals surface area (Å²) in [6.07, 6.45) is 3.71. The summed E-state index contributed by atoms with van der Waals surface area (Å²) in [6.45, 7) is 30.5. The Hall–Kier alpha value is -7.18. The van der Waals surface area contributed by atoms with Gasteiger partial charge in [-0.05, 0) is 160 Å². The number of para-hydroxylation sites is 2. The normalized spacial score (nSPS) is 24.2. The van der Waals surface area contributed by atoms with Crippen LogP contribution in [-0.2, 0) is 86.3 Å². The van der Waals surface area contributed by atoms with Crippen LogP contribution in [0.4, 0.5) is 0 Å². The number of esters is 2. The molecule has 31 nitrogen and oxygen atoms in total.